The van der Waals surface area contributed by atoms with Crippen LogP contribution in [0.4, 0.5) is 0 Å². The Labute approximate surface area is 348 Å². The van der Waals surface area contributed by atoms with Crippen molar-refractivity contribution in [2.24, 2.45) is 0 Å². The first-order valence-electron chi connectivity index (χ1n) is 24.5. The van der Waals surface area contributed by atoms with Gasteiger partial charge < -0.3 is 20.6 Å². The predicted molar refractivity (Wildman–Crippen MR) is 245 cm³/mol. The van der Waals surface area contributed by atoms with Crippen molar-refractivity contribution in [3.05, 3.63) is 48.6 Å². The van der Waals surface area contributed by atoms with Crippen molar-refractivity contribution < 1.29 is 20.1 Å². The summed E-state index contributed by atoms with van der Waals surface area (Å²) in [6, 6.07) is -0.823. The molecule has 1 amide bonds. The Morgan fingerprint density at radius 2 is 0.732 bits per heavy atom. The summed E-state index contributed by atoms with van der Waals surface area (Å²) in [5, 5.41) is 33.2. The second-order valence-corrected chi connectivity index (χ2v) is 16.6. The van der Waals surface area contributed by atoms with Crippen LogP contribution >= 0.6 is 0 Å². The van der Waals surface area contributed by atoms with Gasteiger partial charge in [0.15, 0.2) is 0 Å². The van der Waals surface area contributed by atoms with E-state index in [0.717, 1.165) is 44.9 Å². The molecule has 328 valence electrons. The quantitative estimate of drug-likeness (QED) is 0.0366. The molecule has 0 heterocycles. The van der Waals surface area contributed by atoms with E-state index in [2.05, 4.69) is 55.6 Å². The van der Waals surface area contributed by atoms with E-state index < -0.39 is 24.2 Å². The van der Waals surface area contributed by atoms with E-state index in [1.807, 2.05) is 6.08 Å². The first-order valence-corrected chi connectivity index (χ1v) is 24.5. The lowest BCUT2D eigenvalue weighted by Crippen LogP contribution is -2.48. The highest BCUT2D eigenvalue weighted by molar-refractivity contribution is 5.80. The van der Waals surface area contributed by atoms with Crippen LogP contribution in [0.2, 0.25) is 0 Å². The van der Waals surface area contributed by atoms with Gasteiger partial charge in [0, 0.05) is 0 Å². The molecule has 0 radical (unpaired) electrons. The molecule has 0 aromatic carbocycles. The van der Waals surface area contributed by atoms with E-state index >= 15 is 0 Å². The van der Waals surface area contributed by atoms with Crippen LogP contribution in [0.3, 0.4) is 0 Å². The number of nitrogens with one attached hydrogen (secondary N) is 1. The number of hydrogen-bond acceptors (Lipinski definition) is 4. The van der Waals surface area contributed by atoms with Crippen molar-refractivity contribution in [3.8, 4) is 0 Å². The number of hydrogen-bond donors (Lipinski definition) is 4. The lowest BCUT2D eigenvalue weighted by atomic mass is 10.0. The Kier molecular flexibility index (Phi) is 44.6. The second-order valence-electron chi connectivity index (χ2n) is 16.6. The number of aliphatic hydroxyl groups is 3. The van der Waals surface area contributed by atoms with Gasteiger partial charge in [-0.2, -0.15) is 0 Å². The number of rotatable bonds is 44. The van der Waals surface area contributed by atoms with Crippen LogP contribution in [0.1, 0.15) is 245 Å². The van der Waals surface area contributed by atoms with Crippen LogP contribution in [0.15, 0.2) is 48.6 Å². The van der Waals surface area contributed by atoms with Gasteiger partial charge in [0.25, 0.3) is 0 Å². The number of unbranched alkanes of at least 4 members (excludes halogenated alkanes) is 30. The Morgan fingerprint density at radius 1 is 0.429 bits per heavy atom. The van der Waals surface area contributed by atoms with Crippen molar-refractivity contribution in [1.29, 1.82) is 0 Å². The fourth-order valence-electron chi connectivity index (χ4n) is 7.27. The monoisotopic (exact) mass is 786 g/mol. The molecule has 0 rings (SSSR count). The van der Waals surface area contributed by atoms with Crippen LogP contribution in [0, 0.1) is 0 Å². The molecule has 0 fully saturated rings. The largest absolute Gasteiger partial charge is 0.394 e. The summed E-state index contributed by atoms with van der Waals surface area (Å²) < 4.78 is 0. The van der Waals surface area contributed by atoms with Gasteiger partial charge in [-0.15, -0.1) is 0 Å². The van der Waals surface area contributed by atoms with Gasteiger partial charge in [-0.25, -0.2) is 0 Å². The predicted octanol–water partition coefficient (Wildman–Crippen LogP) is 14.5. The summed E-state index contributed by atoms with van der Waals surface area (Å²) in [6.07, 6.45) is 60.2. The number of allylic oxidation sites excluding steroid dienone is 7. The third-order valence-corrected chi connectivity index (χ3v) is 11.1. The molecule has 0 aliphatic heterocycles. The van der Waals surface area contributed by atoms with Gasteiger partial charge in [-0.1, -0.05) is 223 Å². The lowest BCUT2D eigenvalue weighted by molar-refractivity contribution is -0.131. The summed E-state index contributed by atoms with van der Waals surface area (Å²) in [6.45, 7) is 4.17. The number of aliphatic hydroxyl groups excluding tert-OH is 3. The van der Waals surface area contributed by atoms with E-state index in [1.165, 1.54) is 180 Å². The van der Waals surface area contributed by atoms with Gasteiger partial charge in [-0.05, 0) is 70.6 Å². The molecule has 3 atom stereocenters. The molecular weight excluding hydrogens is 691 g/mol. The Bertz CT molecular complexity index is 912. The molecule has 4 N–H and O–H groups in total. The van der Waals surface area contributed by atoms with Crippen LogP contribution in [-0.4, -0.2) is 46.1 Å². The molecule has 0 aromatic rings. The minimum atomic E-state index is -1.11. The van der Waals surface area contributed by atoms with Gasteiger partial charge in [0.05, 0.1) is 18.8 Å². The highest BCUT2D eigenvalue weighted by atomic mass is 16.3. The van der Waals surface area contributed by atoms with E-state index in [-0.39, 0.29) is 6.61 Å². The van der Waals surface area contributed by atoms with E-state index in [9.17, 15) is 20.1 Å². The molecule has 0 saturated heterocycles. The third-order valence-electron chi connectivity index (χ3n) is 11.1. The highest BCUT2D eigenvalue weighted by Crippen LogP contribution is 2.15. The zero-order valence-corrected chi connectivity index (χ0v) is 37.3. The fourth-order valence-corrected chi connectivity index (χ4v) is 7.27. The lowest BCUT2D eigenvalue weighted by Gasteiger charge is -2.21. The van der Waals surface area contributed by atoms with Crippen LogP contribution < -0.4 is 5.32 Å². The molecule has 0 aromatic heterocycles. The maximum atomic E-state index is 12.5. The molecule has 0 aliphatic carbocycles. The standard InChI is InChI=1S/C51H95NO4/c1-3-5-7-9-11-13-15-17-19-21-23-24-25-26-27-28-30-32-34-36-38-40-42-44-46-50(55)51(56)52-48(47-53)49(54)45-43-41-39-37-35-33-31-29-22-20-18-16-14-12-10-8-6-4-2/h22,26-27,29,35,37,43,45,48-50,53-55H,3-21,23-25,28,30-34,36,38-42,44,46-47H2,1-2H3,(H,52,56)/b27-26-,29-22+,37-35+,45-43+. The van der Waals surface area contributed by atoms with Crippen LogP contribution in [0.25, 0.3) is 0 Å². The summed E-state index contributed by atoms with van der Waals surface area (Å²) in [5.41, 5.74) is 0. The second kappa shape index (κ2) is 46.0. The Balaban J connectivity index is 3.69. The molecule has 0 bridgehead atoms. The maximum Gasteiger partial charge on any atom is 0.249 e. The average Bonchev–Trinajstić information content (AvgIpc) is 3.20. The minimum absolute atomic E-state index is 0.383. The van der Waals surface area contributed by atoms with Crippen molar-refractivity contribution in [2.75, 3.05) is 6.61 Å². The molecule has 5 nitrogen and oxygen atoms in total. The van der Waals surface area contributed by atoms with Gasteiger partial charge >= 0.3 is 0 Å². The normalized spacial score (nSPS) is 13.9. The SMILES string of the molecule is CCCCCCCCCC/C=C/CC/C=C/CC/C=C/C(O)C(CO)NC(=O)C(O)CCCCCCCCCC/C=C\CCCCCCCCCCCCCC. The molecule has 56 heavy (non-hydrogen) atoms. The average molecular weight is 786 g/mol. The summed E-state index contributed by atoms with van der Waals surface area (Å²) >= 11 is 0. The maximum absolute atomic E-state index is 12.5. The molecule has 0 aliphatic rings. The van der Waals surface area contributed by atoms with Crippen molar-refractivity contribution in [3.63, 3.8) is 0 Å². The first-order chi connectivity index (χ1) is 27.6. The Morgan fingerprint density at radius 3 is 1.09 bits per heavy atom. The highest BCUT2D eigenvalue weighted by Gasteiger charge is 2.22. The first kappa shape index (κ1) is 54.3. The molecule has 3 unspecified atom stereocenters. The van der Waals surface area contributed by atoms with Crippen LogP contribution in [-0.2, 0) is 4.79 Å². The van der Waals surface area contributed by atoms with Crippen molar-refractivity contribution in [1.82, 2.24) is 5.32 Å². The van der Waals surface area contributed by atoms with Gasteiger partial charge in [0.2, 0.25) is 5.91 Å². The molecular formula is C51H95NO4. The van der Waals surface area contributed by atoms with E-state index in [1.54, 1.807) is 6.08 Å². The molecule has 0 spiro atoms. The van der Waals surface area contributed by atoms with Crippen molar-refractivity contribution >= 4 is 5.91 Å². The summed E-state index contributed by atoms with van der Waals surface area (Å²) in [7, 11) is 0. The van der Waals surface area contributed by atoms with Gasteiger partial charge in [-0.3, -0.25) is 4.79 Å². The minimum Gasteiger partial charge on any atom is -0.394 e. The van der Waals surface area contributed by atoms with E-state index in [0.29, 0.717) is 6.42 Å². The Hall–Kier alpha value is -1.69. The fraction of sp³-hybridized carbons (Fsp3) is 0.824. The topological polar surface area (TPSA) is 89.8 Å². The number of carbonyl (C=O) groups is 1. The zero-order valence-electron chi connectivity index (χ0n) is 37.3. The summed E-state index contributed by atoms with van der Waals surface area (Å²) in [5.74, 6) is -0.519. The number of carbonyl (C=O) groups excluding carboxylic acids is 1. The molecule has 5 heteroatoms. The zero-order chi connectivity index (χ0) is 40.8. The van der Waals surface area contributed by atoms with Gasteiger partial charge in [0.1, 0.15) is 6.10 Å². The number of amides is 1. The smallest absolute Gasteiger partial charge is 0.249 e. The third kappa shape index (κ3) is 40.5. The van der Waals surface area contributed by atoms with E-state index in [4.69, 9.17) is 0 Å². The summed E-state index contributed by atoms with van der Waals surface area (Å²) in [4.78, 5) is 12.5. The molecule has 0 saturated carbocycles. The van der Waals surface area contributed by atoms with Crippen LogP contribution in [0.5, 0.6) is 0 Å². The van der Waals surface area contributed by atoms with Crippen molar-refractivity contribution in [2.45, 2.75) is 263 Å².